The predicted octanol–water partition coefficient (Wildman–Crippen LogP) is 10.2. The van der Waals surface area contributed by atoms with Crippen LogP contribution in [0.25, 0.3) is 0 Å². The molecular weight excluding hydrogens is 671 g/mol. The first kappa shape index (κ1) is 32.4. The molecule has 7 rings (SSSR count). The standard InChI is InChI=1S/C35H38ClN3O5P3/c1-28-39(2)45(41-30-20-10-4-11-21-30)34(35(45)40-29-18-8-3-9-19-29)37-47(36,44-33-26-16-7-17-27-33)38-46(28,42-31-22-12-5-13-23-31)43-32-24-14-6-15-25-32/h3-16,18-26,28,34-35,37-38H,17,27H2,1-2H3/q+3. The van der Waals surface area contributed by atoms with Gasteiger partial charge in [0.05, 0.1) is 4.86 Å². The third kappa shape index (κ3) is 6.88. The summed E-state index contributed by atoms with van der Waals surface area (Å²) in [5, 5.41) is 3.73. The Bertz CT molecular complexity index is 1670. The molecule has 2 heterocycles. The van der Waals surface area contributed by atoms with Gasteiger partial charge in [-0.1, -0.05) is 94.7 Å². The molecule has 0 spiro atoms. The van der Waals surface area contributed by atoms with Crippen LogP contribution in [0.3, 0.4) is 0 Å². The van der Waals surface area contributed by atoms with E-state index in [2.05, 4.69) is 34.7 Å². The van der Waals surface area contributed by atoms with Crippen LogP contribution in [0.5, 0.6) is 23.0 Å². The van der Waals surface area contributed by atoms with Crippen LogP contribution >= 0.6 is 33.9 Å². The highest BCUT2D eigenvalue weighted by atomic mass is 35.7. The summed E-state index contributed by atoms with van der Waals surface area (Å²) >= 11 is 7.73. The molecule has 0 amide bonds. The third-order valence-electron chi connectivity index (χ3n) is 8.22. The van der Waals surface area contributed by atoms with E-state index in [0.717, 1.165) is 30.1 Å². The zero-order valence-electron chi connectivity index (χ0n) is 26.1. The first-order chi connectivity index (χ1) is 22.9. The van der Waals surface area contributed by atoms with Crippen LogP contribution in [-0.4, -0.2) is 29.1 Å². The van der Waals surface area contributed by atoms with Crippen molar-refractivity contribution in [2.24, 2.45) is 0 Å². The number of hydrogen-bond donors (Lipinski definition) is 2. The van der Waals surface area contributed by atoms with Gasteiger partial charge in [0.2, 0.25) is 5.78 Å². The van der Waals surface area contributed by atoms with Gasteiger partial charge in [0, 0.05) is 13.5 Å². The minimum atomic E-state index is -3.26. The molecule has 0 saturated carbocycles. The zero-order valence-corrected chi connectivity index (χ0v) is 29.6. The third-order valence-corrected chi connectivity index (χ3v) is 19.1. The lowest BCUT2D eigenvalue weighted by Crippen LogP contribution is -2.44. The summed E-state index contributed by atoms with van der Waals surface area (Å²) in [4.78, 5) is 3.70. The second-order valence-corrected chi connectivity index (χ2v) is 20.7. The van der Waals surface area contributed by atoms with E-state index in [4.69, 9.17) is 34.1 Å². The van der Waals surface area contributed by atoms with Gasteiger partial charge >= 0.3 is 28.5 Å². The lowest BCUT2D eigenvalue weighted by molar-refractivity contribution is 0.300. The Hall–Kier alpha value is -3.18. The van der Waals surface area contributed by atoms with Crippen LogP contribution < -0.4 is 28.3 Å². The Kier molecular flexibility index (Phi) is 9.47. The quantitative estimate of drug-likeness (QED) is 0.158. The monoisotopic (exact) mass is 708 g/mol. The molecule has 0 radical (unpaired) electrons. The van der Waals surface area contributed by atoms with Gasteiger partial charge in [0.1, 0.15) is 5.75 Å². The number of nitrogens with one attached hydrogen (secondary N) is 2. The molecule has 4 aromatic rings. The normalized spacial score (nSPS) is 28.1. The molecule has 12 heteroatoms. The van der Waals surface area contributed by atoms with Crippen molar-refractivity contribution in [1.29, 1.82) is 0 Å². The average Bonchev–Trinajstić information content (AvgIpc) is 3.67. The number of rotatable bonds is 10. The van der Waals surface area contributed by atoms with Crippen LogP contribution in [0.2, 0.25) is 0 Å². The first-order valence-corrected chi connectivity index (χ1v) is 21.7. The fourth-order valence-electron chi connectivity index (χ4n) is 5.70. The van der Waals surface area contributed by atoms with Gasteiger partial charge in [-0.05, 0) is 68.0 Å². The average molecular weight is 709 g/mol. The van der Waals surface area contributed by atoms with Crippen molar-refractivity contribution in [3.8, 4) is 23.0 Å². The number of hydrogen-bond acceptors (Lipinski definition) is 8. The number of benzene rings is 4. The Morgan fingerprint density at radius 1 is 0.702 bits per heavy atom. The molecule has 5 atom stereocenters. The summed E-state index contributed by atoms with van der Waals surface area (Å²) in [6.45, 7) is 2.10. The number of nitrogens with zero attached hydrogens (tertiary/aromatic N) is 1. The maximum absolute atomic E-state index is 7.73. The molecule has 2 saturated heterocycles. The fraction of sp³-hybridized carbons (Fsp3) is 0.200. The second kappa shape index (κ2) is 13.7. The number of ether oxygens (including phenoxy) is 1. The Labute approximate surface area is 283 Å². The van der Waals surface area contributed by atoms with Gasteiger partial charge in [0.25, 0.3) is 5.78 Å². The van der Waals surface area contributed by atoms with E-state index in [1.807, 2.05) is 133 Å². The summed E-state index contributed by atoms with van der Waals surface area (Å²) in [7, 11) is -7.12. The van der Waals surface area contributed by atoms with Crippen molar-refractivity contribution in [3.05, 3.63) is 145 Å². The highest BCUT2D eigenvalue weighted by Crippen LogP contribution is 2.90. The number of fused-ring (bicyclic) bond motifs is 1. The molecule has 0 bridgehead atoms. The van der Waals surface area contributed by atoms with Gasteiger partial charge < -0.3 is 9.26 Å². The molecule has 5 unspecified atom stereocenters. The number of halogens is 1. The summed E-state index contributed by atoms with van der Waals surface area (Å²) in [6.07, 6.45) is 7.67. The maximum atomic E-state index is 7.73. The molecule has 2 fully saturated rings. The minimum absolute atomic E-state index is 0.288. The van der Waals surface area contributed by atoms with Gasteiger partial charge in [0.15, 0.2) is 34.2 Å². The van der Waals surface area contributed by atoms with Crippen LogP contribution in [0, 0.1) is 0 Å². The Morgan fingerprint density at radius 2 is 1.21 bits per heavy atom. The molecule has 1 aliphatic carbocycles. The predicted molar refractivity (Wildman–Crippen MR) is 194 cm³/mol. The van der Waals surface area contributed by atoms with E-state index in [1.165, 1.54) is 0 Å². The second-order valence-electron chi connectivity index (χ2n) is 11.4. The van der Waals surface area contributed by atoms with E-state index in [9.17, 15) is 0 Å². The molecule has 242 valence electrons. The highest BCUT2D eigenvalue weighted by molar-refractivity contribution is 7.99. The largest absolute Gasteiger partial charge is 0.492 e. The van der Waals surface area contributed by atoms with Crippen molar-refractivity contribution in [3.63, 3.8) is 0 Å². The maximum Gasteiger partial charge on any atom is 0.492 e. The molecule has 8 nitrogen and oxygen atoms in total. The van der Waals surface area contributed by atoms with E-state index >= 15 is 0 Å². The number of para-hydroxylation sites is 4. The van der Waals surface area contributed by atoms with E-state index in [-0.39, 0.29) is 17.4 Å². The van der Waals surface area contributed by atoms with Gasteiger partial charge in [-0.25, -0.2) is 0 Å². The smallest absolute Gasteiger partial charge is 0.446 e. The molecule has 4 aromatic carbocycles. The van der Waals surface area contributed by atoms with E-state index < -0.39 is 22.7 Å². The van der Waals surface area contributed by atoms with Crippen molar-refractivity contribution in [2.45, 2.75) is 37.2 Å². The van der Waals surface area contributed by atoms with Crippen LogP contribution in [0.4, 0.5) is 0 Å². The van der Waals surface area contributed by atoms with Crippen LogP contribution in [0.15, 0.2) is 145 Å². The SMILES string of the molecule is CC1N(C)[P+]2(Oc3ccccc3)C(N[P+](Cl)(OC3=CC=CCC3)N[P+]1(Oc1ccccc1)Oc1ccccc1)C2Oc1ccccc1. The summed E-state index contributed by atoms with van der Waals surface area (Å²) < 4.78 is 36.9. The lowest BCUT2D eigenvalue weighted by Gasteiger charge is -2.35. The van der Waals surface area contributed by atoms with Crippen molar-refractivity contribution >= 4 is 33.9 Å². The molecule has 47 heavy (non-hydrogen) atoms. The summed E-state index contributed by atoms with van der Waals surface area (Å²) in [5.41, 5.74) is 0. The Morgan fingerprint density at radius 3 is 1.72 bits per heavy atom. The first-order valence-electron chi connectivity index (χ1n) is 15.6. The Balaban J connectivity index is 1.38. The molecular formula is C35H38ClN3O5P3+3. The zero-order chi connectivity index (χ0) is 32.3. The molecule has 3 aliphatic rings. The van der Waals surface area contributed by atoms with Crippen molar-refractivity contribution < 1.29 is 22.8 Å². The van der Waals surface area contributed by atoms with Gasteiger partial charge in [-0.15, -0.1) is 0 Å². The highest BCUT2D eigenvalue weighted by Gasteiger charge is 2.92. The molecule has 2 N–H and O–H groups in total. The molecule has 0 aromatic heterocycles. The van der Waals surface area contributed by atoms with Crippen LogP contribution in [-0.2, 0) is 4.52 Å². The lowest BCUT2D eigenvalue weighted by atomic mass is 10.2. The summed E-state index contributed by atoms with van der Waals surface area (Å²) in [6, 6.07) is 39.1. The van der Waals surface area contributed by atoms with E-state index in [1.54, 1.807) is 0 Å². The van der Waals surface area contributed by atoms with Crippen molar-refractivity contribution in [2.75, 3.05) is 7.05 Å². The van der Waals surface area contributed by atoms with Crippen LogP contribution in [0.1, 0.15) is 19.8 Å². The minimum Gasteiger partial charge on any atom is -0.446 e. The van der Waals surface area contributed by atoms with Gasteiger partial charge in [-0.3, -0.25) is 13.6 Å². The number of allylic oxidation sites excluding steroid dienone is 4. The van der Waals surface area contributed by atoms with E-state index in [0.29, 0.717) is 11.5 Å². The molecule has 2 aliphatic heterocycles. The fourth-order valence-corrected chi connectivity index (χ4v) is 18.5. The topological polar surface area (TPSA) is 73.5 Å². The summed E-state index contributed by atoms with van der Waals surface area (Å²) in [5.74, 6) is 2.54. The van der Waals surface area contributed by atoms with Crippen molar-refractivity contribution in [1.82, 2.24) is 14.6 Å². The van der Waals surface area contributed by atoms with Gasteiger partial charge in [-0.2, -0.15) is 0 Å².